The summed E-state index contributed by atoms with van der Waals surface area (Å²) in [7, 11) is 0. The van der Waals surface area contributed by atoms with E-state index in [1.54, 1.807) is 0 Å². The van der Waals surface area contributed by atoms with Crippen LogP contribution in [0.4, 0.5) is 0 Å². The molecule has 0 aliphatic heterocycles. The maximum absolute atomic E-state index is 10.5. The minimum absolute atomic E-state index is 0.216. The summed E-state index contributed by atoms with van der Waals surface area (Å²) in [6, 6.07) is 0. The van der Waals surface area contributed by atoms with Gasteiger partial charge < -0.3 is 0 Å². The third-order valence-electron chi connectivity index (χ3n) is 0.673. The summed E-state index contributed by atoms with van der Waals surface area (Å²) in [5, 5.41) is 0. The molecule has 0 amide bonds. The van der Waals surface area contributed by atoms with Gasteiger partial charge in [-0.25, -0.2) is 0 Å². The van der Waals surface area contributed by atoms with Gasteiger partial charge in [0, 0.05) is 0 Å². The third-order valence-corrected chi connectivity index (χ3v) is 2.51. The van der Waals surface area contributed by atoms with Gasteiger partial charge in [0.1, 0.15) is 0 Å². The second-order valence-electron chi connectivity index (χ2n) is 1.68. The van der Waals surface area contributed by atoms with Gasteiger partial charge in [-0.3, -0.25) is 0 Å². The number of carbonyl (C=O) groups excluding carboxylic acids is 1. The van der Waals surface area contributed by atoms with Gasteiger partial charge in [0.05, 0.1) is 0 Å². The molecule has 7 heavy (non-hydrogen) atoms. The van der Waals surface area contributed by atoms with Crippen molar-refractivity contribution in [1.82, 2.24) is 0 Å². The average Bonchev–Trinajstić information content (AvgIpc) is 1.65. The van der Waals surface area contributed by atoms with Gasteiger partial charge >= 0.3 is 50.0 Å². The van der Waals surface area contributed by atoms with Gasteiger partial charge in [0.25, 0.3) is 0 Å². The van der Waals surface area contributed by atoms with Crippen molar-refractivity contribution in [3.8, 4) is 0 Å². The zero-order valence-corrected chi connectivity index (χ0v) is 6.61. The Morgan fingerprint density at radius 1 is 1.57 bits per heavy atom. The van der Waals surface area contributed by atoms with E-state index in [1.165, 1.54) is 0 Å². The van der Waals surface area contributed by atoms with Crippen LogP contribution in [0.1, 0.15) is 13.8 Å². The first kappa shape index (κ1) is 7.19. The fourth-order valence-electron chi connectivity index (χ4n) is 0.236. The third kappa shape index (κ3) is 2.84. The van der Waals surface area contributed by atoms with Crippen LogP contribution in [0.2, 0.25) is 5.82 Å². The van der Waals surface area contributed by atoms with Crippen LogP contribution in [-0.2, 0) is 4.79 Å². The first-order chi connectivity index (χ1) is 3.18. The fourth-order valence-corrected chi connectivity index (χ4v) is 1.22. The summed E-state index contributed by atoms with van der Waals surface area (Å²) < 4.78 is 0.410. The molecule has 0 rings (SSSR count). The molecule has 2 heteroatoms. The first-order valence-electron chi connectivity index (χ1n) is 2.26. The number of carbonyl (C=O) groups is 1. The molecular formula is C5H10OSe. The van der Waals surface area contributed by atoms with Crippen molar-refractivity contribution >= 4 is 19.6 Å². The molecule has 0 bridgehead atoms. The van der Waals surface area contributed by atoms with E-state index in [0.29, 0.717) is 4.68 Å². The number of hydrogen-bond donors (Lipinski definition) is 0. The van der Waals surface area contributed by atoms with E-state index in [2.05, 4.69) is 0 Å². The molecule has 1 nitrogen and oxygen atoms in total. The number of hydrogen-bond acceptors (Lipinski definition) is 1. The summed E-state index contributed by atoms with van der Waals surface area (Å²) in [5.74, 6) is 2.21. The molecule has 0 aromatic carbocycles. The summed E-state index contributed by atoms with van der Waals surface area (Å²) in [5.41, 5.74) is 0. The van der Waals surface area contributed by atoms with Gasteiger partial charge in [-0.2, -0.15) is 0 Å². The molecule has 0 aliphatic carbocycles. The maximum atomic E-state index is 10.5. The van der Waals surface area contributed by atoms with Crippen molar-refractivity contribution in [3.05, 3.63) is 0 Å². The van der Waals surface area contributed by atoms with Crippen LogP contribution in [-0.4, -0.2) is 19.6 Å². The van der Waals surface area contributed by atoms with Gasteiger partial charge in [0.2, 0.25) is 0 Å². The number of rotatable bonds is 2. The molecule has 0 heterocycles. The molecule has 0 saturated carbocycles. The van der Waals surface area contributed by atoms with E-state index in [1.807, 2.05) is 19.7 Å². The van der Waals surface area contributed by atoms with E-state index in [-0.39, 0.29) is 20.9 Å². The van der Waals surface area contributed by atoms with Crippen molar-refractivity contribution in [2.45, 2.75) is 19.7 Å². The Morgan fingerprint density at radius 2 is 2.00 bits per heavy atom. The van der Waals surface area contributed by atoms with Crippen molar-refractivity contribution in [3.63, 3.8) is 0 Å². The Hall–Kier alpha value is 0.189. The Bertz CT molecular complexity index is 68.5. The molecule has 0 spiro atoms. The van der Waals surface area contributed by atoms with Crippen LogP contribution in [0.15, 0.2) is 0 Å². The Morgan fingerprint density at radius 3 is 2.00 bits per heavy atom. The molecule has 0 radical (unpaired) electrons. The van der Waals surface area contributed by atoms with Crippen LogP contribution in [0, 0.1) is 5.92 Å². The van der Waals surface area contributed by atoms with E-state index in [4.69, 9.17) is 0 Å². The van der Waals surface area contributed by atoms with Crippen LogP contribution < -0.4 is 0 Å². The van der Waals surface area contributed by atoms with Gasteiger partial charge in [-0.1, -0.05) is 0 Å². The zero-order chi connectivity index (χ0) is 5.86. The van der Waals surface area contributed by atoms with E-state index in [9.17, 15) is 4.79 Å². The second-order valence-corrected chi connectivity index (χ2v) is 3.38. The van der Waals surface area contributed by atoms with Crippen molar-refractivity contribution in [2.24, 2.45) is 5.92 Å². The normalized spacial score (nSPS) is 9.71. The summed E-state index contributed by atoms with van der Waals surface area (Å²) in [6.45, 7) is 3.88. The van der Waals surface area contributed by atoms with E-state index < -0.39 is 0 Å². The molecule has 0 aromatic heterocycles. The predicted octanol–water partition coefficient (Wildman–Crippen LogP) is 0.921. The Balaban J connectivity index is 3.35. The summed E-state index contributed by atoms with van der Waals surface area (Å²) >= 11 is 0.216. The minimum atomic E-state index is 0.216. The molecule has 0 fully saturated rings. The molecule has 0 unspecified atom stereocenters. The van der Waals surface area contributed by atoms with Gasteiger partial charge in [-0.15, -0.1) is 0 Å². The summed E-state index contributed by atoms with van der Waals surface area (Å²) in [6.07, 6.45) is 0. The Kier molecular flexibility index (Phi) is 3.31. The molecular weight excluding hydrogens is 155 g/mol. The van der Waals surface area contributed by atoms with Crippen LogP contribution in [0.5, 0.6) is 0 Å². The van der Waals surface area contributed by atoms with Crippen molar-refractivity contribution in [2.75, 3.05) is 0 Å². The molecule has 42 valence electrons. The van der Waals surface area contributed by atoms with Crippen molar-refractivity contribution in [1.29, 1.82) is 0 Å². The van der Waals surface area contributed by atoms with Crippen molar-refractivity contribution < 1.29 is 4.79 Å². The summed E-state index contributed by atoms with van der Waals surface area (Å²) in [4.78, 5) is 10.5. The van der Waals surface area contributed by atoms with E-state index >= 15 is 0 Å². The second kappa shape index (κ2) is 3.22. The van der Waals surface area contributed by atoms with E-state index in [0.717, 1.165) is 0 Å². The van der Waals surface area contributed by atoms with Crippen LogP contribution in [0.3, 0.4) is 0 Å². The molecule has 0 aromatic rings. The molecule has 0 aliphatic rings. The standard InChI is InChI=1S/C5H10OSe/c1-4(2)5(6)7-3/h4H,1-3H3. The molecule has 0 atom stereocenters. The van der Waals surface area contributed by atoms with Gasteiger partial charge in [-0.05, 0) is 0 Å². The van der Waals surface area contributed by atoms with Gasteiger partial charge in [0.15, 0.2) is 0 Å². The topological polar surface area (TPSA) is 17.1 Å². The quantitative estimate of drug-likeness (QED) is 0.556. The predicted molar refractivity (Wildman–Crippen MR) is 31.5 cm³/mol. The fraction of sp³-hybridized carbons (Fsp3) is 0.800. The Labute approximate surface area is 50.6 Å². The first-order valence-corrected chi connectivity index (χ1v) is 4.83. The average molecular weight is 165 g/mol. The zero-order valence-electron chi connectivity index (χ0n) is 4.89. The molecule has 0 N–H and O–H groups in total. The van der Waals surface area contributed by atoms with Crippen LogP contribution >= 0.6 is 0 Å². The molecule has 0 saturated heterocycles. The SMILES string of the molecule is C[Se]C(=O)C(C)C. The monoisotopic (exact) mass is 166 g/mol. The van der Waals surface area contributed by atoms with Crippen LogP contribution in [0.25, 0.3) is 0 Å².